The minimum absolute atomic E-state index is 0. The van der Waals surface area contributed by atoms with Gasteiger partial charge in [0, 0.05) is 10.4 Å². The van der Waals surface area contributed by atoms with E-state index in [4.69, 9.17) is 40.5 Å². The largest absolute Gasteiger partial charge is 3.00 e. The third-order valence-electron chi connectivity index (χ3n) is 0. The molecule has 0 aliphatic rings. The first-order valence-corrected chi connectivity index (χ1v) is 4.88. The summed E-state index contributed by atoms with van der Waals surface area (Å²) >= 11 is 0. The first-order chi connectivity index (χ1) is 5.73. The summed E-state index contributed by atoms with van der Waals surface area (Å²) in [4.78, 5) is 0. The summed E-state index contributed by atoms with van der Waals surface area (Å²) in [5, 5.41) is 6.06. The third-order valence-corrected chi connectivity index (χ3v) is 0. The smallest absolute Gasteiger partial charge is 0.759 e. The molecule has 0 atom stereocenters. The Labute approximate surface area is 129 Å². The number of hydrogen-bond acceptors (Lipinski definition) is 8. The normalized spacial score (nSPS) is 6.67. The van der Waals surface area contributed by atoms with Crippen LogP contribution >= 0.6 is 0 Å². The maximum atomic E-state index is 8.63. The molecule has 18 N–H and O–H groups in total. The van der Waals surface area contributed by atoms with Crippen molar-refractivity contribution in [2.24, 2.45) is 11.5 Å². The Morgan fingerprint density at radius 2 is 0.810 bits per heavy atom. The molecule has 0 fully saturated rings. The van der Waals surface area contributed by atoms with Crippen LogP contribution in [0.25, 0.3) is 0 Å². The third kappa shape index (κ3) is 11900. The van der Waals surface area contributed by atoms with Crippen LogP contribution in [0.4, 0.5) is 0 Å². The Hall–Kier alpha value is -0.698. The van der Waals surface area contributed by atoms with Gasteiger partial charge in [0.15, 0.2) is 5.96 Å². The molecule has 0 rings (SSSR count). The Bertz CT molecular complexity index is 298. The molecule has 0 unspecified atom stereocenters. The van der Waals surface area contributed by atoms with Gasteiger partial charge >= 0.3 is 17.4 Å². The van der Waals surface area contributed by atoms with E-state index < -0.39 is 20.8 Å². The van der Waals surface area contributed by atoms with Crippen molar-refractivity contribution >= 4 is 44.1 Å². The summed E-state index contributed by atoms with van der Waals surface area (Å²) in [6, 6.07) is 0. The van der Waals surface area contributed by atoms with Crippen LogP contribution in [0, 0.1) is 5.41 Å². The van der Waals surface area contributed by atoms with Crippen molar-refractivity contribution in [1.82, 2.24) is 0 Å². The monoisotopic (exact) mass is 387 g/mol. The second-order valence-corrected chi connectivity index (χ2v) is 2.96. The van der Waals surface area contributed by atoms with Crippen molar-refractivity contribution < 1.29 is 67.9 Å². The molecule has 0 amide bonds. The van der Waals surface area contributed by atoms with Crippen molar-refractivity contribution in [2.45, 2.75) is 0 Å². The molecule has 17 nitrogen and oxygen atoms in total. The summed E-state index contributed by atoms with van der Waals surface area (Å²) in [5.74, 6) is -0.333. The summed E-state index contributed by atoms with van der Waals surface area (Å²) in [6.07, 6.45) is 0. The van der Waals surface area contributed by atoms with Gasteiger partial charge in [-0.1, -0.05) is 0 Å². The van der Waals surface area contributed by atoms with E-state index in [1.54, 1.807) is 0 Å². The predicted molar refractivity (Wildman–Crippen MR) is 66.3 cm³/mol. The molecular weight excluding hydrogens is 369 g/mol. The molecule has 136 valence electrons. The van der Waals surface area contributed by atoms with Gasteiger partial charge in [-0.15, -0.1) is 0 Å². The second kappa shape index (κ2) is 31.6. The van der Waals surface area contributed by atoms with Crippen molar-refractivity contribution in [3.05, 3.63) is 0 Å². The van der Waals surface area contributed by atoms with Gasteiger partial charge in [0.25, 0.3) is 0 Å². The SMILES string of the molecule is N=C(N)N.O.O.O.O.O.O.O=S(=O)([O-])O.O=S(=O)([O-])[O-].[Al+3]. The minimum Gasteiger partial charge on any atom is -0.759 e. The van der Waals surface area contributed by atoms with Crippen molar-refractivity contribution in [3.8, 4) is 0 Å². The Kier molecular flexibility index (Phi) is 107. The zero-order valence-electron chi connectivity index (χ0n) is 9.85. The Morgan fingerprint density at radius 1 is 0.810 bits per heavy atom. The van der Waals surface area contributed by atoms with E-state index in [1.165, 1.54) is 0 Å². The zero-order valence-corrected chi connectivity index (χ0v) is 12.6. The fourth-order valence-electron chi connectivity index (χ4n) is 0. The molecular formula is CH18AlN3O14S2. The van der Waals surface area contributed by atoms with Crippen molar-refractivity contribution in [3.63, 3.8) is 0 Å². The molecule has 0 heterocycles. The summed E-state index contributed by atoms with van der Waals surface area (Å²) in [7, 11) is -10.1. The summed E-state index contributed by atoms with van der Waals surface area (Å²) in [5.41, 5.74) is 8.94. The van der Waals surface area contributed by atoms with Crippen LogP contribution in [0.3, 0.4) is 0 Å². The summed E-state index contributed by atoms with van der Waals surface area (Å²) < 4.78 is 66.9. The maximum Gasteiger partial charge on any atom is 3.00 e. The average Bonchev–Trinajstić information content (AvgIpc) is 1.45. The predicted octanol–water partition coefficient (Wildman–Crippen LogP) is -8.82. The van der Waals surface area contributed by atoms with E-state index in [0.29, 0.717) is 0 Å². The van der Waals surface area contributed by atoms with Gasteiger partial charge in [-0.05, 0) is 0 Å². The van der Waals surface area contributed by atoms with E-state index in [9.17, 15) is 0 Å². The molecule has 21 heavy (non-hydrogen) atoms. The van der Waals surface area contributed by atoms with Crippen LogP contribution in [-0.2, 0) is 20.8 Å². The quantitative estimate of drug-likeness (QED) is 0.0997. The summed E-state index contributed by atoms with van der Waals surface area (Å²) in [6.45, 7) is 0. The molecule has 0 aliphatic carbocycles. The molecule has 0 bridgehead atoms. The maximum absolute atomic E-state index is 8.63. The van der Waals surface area contributed by atoms with Crippen LogP contribution < -0.4 is 11.5 Å². The fourth-order valence-corrected chi connectivity index (χ4v) is 0. The van der Waals surface area contributed by atoms with Gasteiger partial charge in [0.05, 0.1) is 0 Å². The standard InChI is InChI=1S/CH5N3.Al.2H2O4S.6H2O/c2-1(3)4;;2*1-5(2,3)4;;;;;;/h(H5,2,3,4);;2*(H2,1,2,3,4);6*1H2/q;+3;;;;;;;;/p-3. The van der Waals surface area contributed by atoms with Crippen LogP contribution in [0.15, 0.2) is 0 Å². The van der Waals surface area contributed by atoms with Gasteiger partial charge in [-0.2, -0.15) is 0 Å². The number of hydrogen-bond donors (Lipinski definition) is 4. The molecule has 0 spiro atoms. The van der Waals surface area contributed by atoms with Crippen LogP contribution in [0.5, 0.6) is 0 Å². The number of guanidine groups is 1. The van der Waals surface area contributed by atoms with E-state index in [-0.39, 0.29) is 56.2 Å². The molecule has 0 saturated heterocycles. The van der Waals surface area contributed by atoms with E-state index in [2.05, 4.69) is 11.5 Å². The van der Waals surface area contributed by atoms with Gasteiger partial charge < -0.3 is 58.0 Å². The number of nitrogens with one attached hydrogen (secondary N) is 1. The van der Waals surface area contributed by atoms with Crippen LogP contribution in [0.2, 0.25) is 0 Å². The van der Waals surface area contributed by atoms with Gasteiger partial charge in [0.1, 0.15) is 0 Å². The zero-order chi connectivity index (χ0) is 12.6. The Morgan fingerprint density at radius 3 is 0.810 bits per heavy atom. The topological polar surface area (TPSA) is 423 Å². The molecule has 0 saturated carbocycles. The molecule has 0 radical (unpaired) electrons. The molecule has 0 aromatic heterocycles. The molecule has 0 aliphatic heterocycles. The van der Waals surface area contributed by atoms with Gasteiger partial charge in [-0.25, -0.2) is 8.42 Å². The number of rotatable bonds is 0. The Balaban J connectivity index is -0.00000000930. The first kappa shape index (κ1) is 71.3. The van der Waals surface area contributed by atoms with Crippen molar-refractivity contribution in [1.29, 1.82) is 5.41 Å². The second-order valence-electron chi connectivity index (χ2n) is 1.29. The van der Waals surface area contributed by atoms with Gasteiger partial charge in [0.2, 0.25) is 10.4 Å². The molecule has 0 aromatic rings. The average molecular weight is 387 g/mol. The van der Waals surface area contributed by atoms with E-state index >= 15 is 0 Å². The van der Waals surface area contributed by atoms with Crippen molar-refractivity contribution in [2.75, 3.05) is 0 Å². The minimum atomic E-state index is -5.17. The molecule has 0 aromatic carbocycles. The van der Waals surface area contributed by atoms with Crippen LogP contribution in [0.1, 0.15) is 0 Å². The fraction of sp³-hybridized carbons (Fsp3) is 0. The van der Waals surface area contributed by atoms with E-state index in [0.717, 1.165) is 0 Å². The van der Waals surface area contributed by atoms with E-state index in [1.807, 2.05) is 0 Å². The first-order valence-electron chi connectivity index (χ1n) is 2.18. The number of nitrogens with two attached hydrogens (primary N) is 2. The van der Waals surface area contributed by atoms with Crippen LogP contribution in [-0.4, -0.2) is 91.2 Å². The molecule has 20 heteroatoms. The van der Waals surface area contributed by atoms with Gasteiger partial charge in [-0.3, -0.25) is 18.4 Å².